The minimum absolute atomic E-state index is 0.00244. The monoisotopic (exact) mass is 472 g/mol. The van der Waals surface area contributed by atoms with Crippen LogP contribution < -0.4 is 15.4 Å². The van der Waals surface area contributed by atoms with Gasteiger partial charge >= 0.3 is 6.03 Å². The number of aryl methyl sites for hydroxylation is 2. The van der Waals surface area contributed by atoms with Gasteiger partial charge in [0.15, 0.2) is 0 Å². The zero-order valence-corrected chi connectivity index (χ0v) is 20.0. The van der Waals surface area contributed by atoms with Gasteiger partial charge < -0.3 is 15.5 Å². The molecule has 1 fully saturated rings. The Morgan fingerprint density at radius 1 is 0.879 bits per heavy atom. The summed E-state index contributed by atoms with van der Waals surface area (Å²) in [6.07, 6.45) is 4.37. The van der Waals surface area contributed by atoms with Gasteiger partial charge in [0.05, 0.1) is 4.90 Å². The van der Waals surface area contributed by atoms with E-state index in [9.17, 15) is 18.0 Å². The number of hydrogen-bond acceptors (Lipinski definition) is 4. The summed E-state index contributed by atoms with van der Waals surface area (Å²) in [6, 6.07) is 12.0. The number of hydrogen-bond donors (Lipinski definition) is 3. The third-order valence-corrected chi connectivity index (χ3v) is 7.19. The van der Waals surface area contributed by atoms with Crippen molar-refractivity contribution in [3.63, 3.8) is 0 Å². The van der Waals surface area contributed by atoms with E-state index in [2.05, 4.69) is 15.4 Å². The predicted molar refractivity (Wildman–Crippen MR) is 130 cm³/mol. The predicted octanol–water partition coefficient (Wildman–Crippen LogP) is 4.02. The Kier molecular flexibility index (Phi) is 8.46. The number of benzene rings is 2. The van der Waals surface area contributed by atoms with Gasteiger partial charge in [0, 0.05) is 37.4 Å². The molecular weight excluding hydrogens is 440 g/mol. The summed E-state index contributed by atoms with van der Waals surface area (Å²) < 4.78 is 27.5. The lowest BCUT2D eigenvalue weighted by Gasteiger charge is -2.20. The minimum Gasteiger partial charge on any atom is -0.326 e. The summed E-state index contributed by atoms with van der Waals surface area (Å²) in [5, 5.41) is 5.64. The number of likely N-dealkylation sites (tertiary alicyclic amines) is 1. The van der Waals surface area contributed by atoms with Crippen molar-refractivity contribution in [2.45, 2.75) is 50.8 Å². The van der Waals surface area contributed by atoms with Crippen LogP contribution in [0.2, 0.25) is 0 Å². The van der Waals surface area contributed by atoms with E-state index in [1.54, 1.807) is 43.3 Å². The van der Waals surface area contributed by atoms with Crippen LogP contribution in [0.15, 0.2) is 47.4 Å². The van der Waals surface area contributed by atoms with Crippen LogP contribution in [0.5, 0.6) is 0 Å². The second kappa shape index (κ2) is 11.3. The highest BCUT2D eigenvalue weighted by molar-refractivity contribution is 7.89. The van der Waals surface area contributed by atoms with E-state index in [0.717, 1.165) is 44.3 Å². The Morgan fingerprint density at radius 3 is 2.12 bits per heavy atom. The largest absolute Gasteiger partial charge is 0.326 e. The molecule has 1 aliphatic heterocycles. The van der Waals surface area contributed by atoms with Crippen LogP contribution in [-0.2, 0) is 14.8 Å². The van der Waals surface area contributed by atoms with E-state index in [-0.39, 0.29) is 29.8 Å². The number of rotatable bonds is 7. The van der Waals surface area contributed by atoms with Gasteiger partial charge in [-0.15, -0.1) is 0 Å². The van der Waals surface area contributed by atoms with Crippen molar-refractivity contribution in [3.05, 3.63) is 53.6 Å². The fraction of sp³-hybridized carbons (Fsp3) is 0.417. The first kappa shape index (κ1) is 24.7. The van der Waals surface area contributed by atoms with E-state index in [4.69, 9.17) is 0 Å². The zero-order valence-electron chi connectivity index (χ0n) is 19.2. The second-order valence-corrected chi connectivity index (χ2v) is 10.1. The Bertz CT molecular complexity index is 1080. The normalized spacial score (nSPS) is 14.4. The van der Waals surface area contributed by atoms with E-state index >= 15 is 0 Å². The molecule has 9 heteroatoms. The molecule has 178 valence electrons. The third kappa shape index (κ3) is 7.30. The number of sulfonamides is 1. The minimum atomic E-state index is -3.69. The Balaban J connectivity index is 1.46. The molecule has 0 spiro atoms. The quantitative estimate of drug-likeness (QED) is 0.566. The zero-order chi connectivity index (χ0) is 23.8. The molecule has 3 amide bonds. The number of amides is 3. The molecular formula is C24H32N4O4S. The summed E-state index contributed by atoms with van der Waals surface area (Å²) in [5.41, 5.74) is 2.74. The van der Waals surface area contributed by atoms with E-state index in [0.29, 0.717) is 16.9 Å². The number of anilines is 2. The first-order valence-electron chi connectivity index (χ1n) is 11.3. The van der Waals surface area contributed by atoms with Crippen LogP contribution in [0.1, 0.15) is 43.2 Å². The molecule has 0 unspecified atom stereocenters. The smallest absolute Gasteiger partial charge is 0.321 e. The number of nitrogens with one attached hydrogen (secondary N) is 3. The molecule has 3 N–H and O–H groups in total. The Morgan fingerprint density at radius 2 is 1.48 bits per heavy atom. The van der Waals surface area contributed by atoms with Crippen LogP contribution >= 0.6 is 0 Å². The average Bonchev–Trinajstić information content (AvgIpc) is 3.06. The molecule has 2 aromatic carbocycles. The SMILES string of the molecule is Cc1ccc(C)c(S(=O)(=O)NCCC(=O)Nc2ccc(NC(=O)N3CCCCCC3)cc2)c1. The summed E-state index contributed by atoms with van der Waals surface area (Å²) in [5.74, 6) is -0.306. The lowest BCUT2D eigenvalue weighted by Crippen LogP contribution is -2.35. The van der Waals surface area contributed by atoms with Gasteiger partial charge in [-0.25, -0.2) is 17.9 Å². The summed E-state index contributed by atoms with van der Waals surface area (Å²) in [4.78, 5) is 26.7. The molecule has 1 saturated heterocycles. The Labute approximate surface area is 195 Å². The highest BCUT2D eigenvalue weighted by Crippen LogP contribution is 2.18. The molecule has 1 aliphatic rings. The lowest BCUT2D eigenvalue weighted by atomic mass is 10.2. The topological polar surface area (TPSA) is 108 Å². The summed E-state index contributed by atoms with van der Waals surface area (Å²) >= 11 is 0. The van der Waals surface area contributed by atoms with Crippen LogP contribution in [0, 0.1) is 13.8 Å². The first-order chi connectivity index (χ1) is 15.7. The Hall–Kier alpha value is -2.91. The summed E-state index contributed by atoms with van der Waals surface area (Å²) in [6.45, 7) is 5.10. The van der Waals surface area contributed by atoms with E-state index in [1.165, 1.54) is 0 Å². The van der Waals surface area contributed by atoms with Gasteiger partial charge in [-0.2, -0.15) is 0 Å². The van der Waals surface area contributed by atoms with Gasteiger partial charge in [0.25, 0.3) is 0 Å². The lowest BCUT2D eigenvalue weighted by molar-refractivity contribution is -0.116. The maximum atomic E-state index is 12.5. The molecule has 0 saturated carbocycles. The fourth-order valence-electron chi connectivity index (χ4n) is 3.71. The van der Waals surface area contributed by atoms with Gasteiger partial charge in [-0.05, 0) is 68.1 Å². The molecule has 0 aliphatic carbocycles. The maximum absolute atomic E-state index is 12.5. The first-order valence-corrected chi connectivity index (χ1v) is 12.8. The maximum Gasteiger partial charge on any atom is 0.321 e. The number of carbonyl (C=O) groups is 2. The van der Waals surface area contributed by atoms with Crippen molar-refractivity contribution < 1.29 is 18.0 Å². The summed E-state index contributed by atoms with van der Waals surface area (Å²) in [7, 11) is -3.69. The van der Waals surface area contributed by atoms with Crippen molar-refractivity contribution in [3.8, 4) is 0 Å². The van der Waals surface area contributed by atoms with Crippen LogP contribution in [0.25, 0.3) is 0 Å². The molecule has 1 heterocycles. The van der Waals surface area contributed by atoms with E-state index < -0.39 is 10.0 Å². The van der Waals surface area contributed by atoms with Gasteiger partial charge in [0.2, 0.25) is 15.9 Å². The molecule has 33 heavy (non-hydrogen) atoms. The van der Waals surface area contributed by atoms with E-state index in [1.807, 2.05) is 17.9 Å². The highest BCUT2D eigenvalue weighted by Gasteiger charge is 2.17. The molecule has 0 bridgehead atoms. The number of urea groups is 1. The third-order valence-electron chi connectivity index (χ3n) is 5.59. The molecule has 0 aromatic heterocycles. The van der Waals surface area contributed by atoms with Crippen molar-refractivity contribution in [1.82, 2.24) is 9.62 Å². The molecule has 8 nitrogen and oxygen atoms in total. The average molecular weight is 473 g/mol. The molecule has 2 aromatic rings. The fourth-order valence-corrected chi connectivity index (χ4v) is 5.07. The van der Waals surface area contributed by atoms with Gasteiger partial charge in [-0.3, -0.25) is 4.79 Å². The van der Waals surface area contributed by atoms with Crippen molar-refractivity contribution in [2.24, 2.45) is 0 Å². The standard InChI is InChI=1S/C24H32N4O4S/c1-18-7-8-19(2)22(17-18)33(31,32)25-14-13-23(29)26-20-9-11-21(12-10-20)27-24(30)28-15-5-3-4-6-16-28/h7-12,17,25H,3-6,13-16H2,1-2H3,(H,26,29)(H,27,30). The number of nitrogens with zero attached hydrogens (tertiary/aromatic N) is 1. The van der Waals surface area contributed by atoms with Crippen molar-refractivity contribution in [2.75, 3.05) is 30.3 Å². The van der Waals surface area contributed by atoms with Crippen molar-refractivity contribution >= 4 is 33.3 Å². The van der Waals surface area contributed by atoms with Crippen LogP contribution in [0.3, 0.4) is 0 Å². The van der Waals surface area contributed by atoms with Crippen LogP contribution in [-0.4, -0.2) is 44.9 Å². The highest BCUT2D eigenvalue weighted by atomic mass is 32.2. The number of carbonyl (C=O) groups excluding carboxylic acids is 2. The van der Waals surface area contributed by atoms with Gasteiger partial charge in [-0.1, -0.05) is 25.0 Å². The van der Waals surface area contributed by atoms with Gasteiger partial charge in [0.1, 0.15) is 0 Å². The molecule has 0 atom stereocenters. The van der Waals surface area contributed by atoms with Crippen molar-refractivity contribution in [1.29, 1.82) is 0 Å². The molecule has 3 rings (SSSR count). The second-order valence-electron chi connectivity index (χ2n) is 8.37. The molecule has 0 radical (unpaired) electrons. The van der Waals surface area contributed by atoms with Crippen LogP contribution in [0.4, 0.5) is 16.2 Å².